The van der Waals surface area contributed by atoms with E-state index in [0.29, 0.717) is 10.7 Å². The summed E-state index contributed by atoms with van der Waals surface area (Å²) in [6.07, 6.45) is 2.04. The van der Waals surface area contributed by atoms with Gasteiger partial charge in [0.15, 0.2) is 0 Å². The van der Waals surface area contributed by atoms with Crippen LogP contribution in [0.4, 0.5) is 5.69 Å². The Morgan fingerprint density at radius 3 is 2.88 bits per heavy atom. The van der Waals surface area contributed by atoms with Crippen LogP contribution in [0.1, 0.15) is 30.1 Å². The van der Waals surface area contributed by atoms with Crippen LogP contribution in [0.15, 0.2) is 24.3 Å². The van der Waals surface area contributed by atoms with E-state index in [2.05, 4.69) is 12.5 Å². The standard InChI is InChI=1S/C11H15N3O2/c1-2-3-8-13-10-7-5-4-6-9(10)11(15)14(16)12-13/h4-7,12,16H,2-3,8H2,1H3. The maximum absolute atomic E-state index is 11.6. The highest BCUT2D eigenvalue weighted by atomic mass is 16.6. The van der Waals surface area contributed by atoms with Gasteiger partial charge in [0.1, 0.15) is 0 Å². The molecule has 0 bridgehead atoms. The van der Waals surface area contributed by atoms with Gasteiger partial charge in [0.05, 0.1) is 11.3 Å². The number of benzene rings is 1. The molecule has 0 unspecified atom stereocenters. The molecule has 1 heterocycles. The molecule has 1 aliphatic heterocycles. The van der Waals surface area contributed by atoms with Crippen LogP contribution >= 0.6 is 0 Å². The second-order valence-corrected chi connectivity index (χ2v) is 3.74. The first-order valence-electron chi connectivity index (χ1n) is 5.40. The Hall–Kier alpha value is -1.59. The summed E-state index contributed by atoms with van der Waals surface area (Å²) in [6.45, 7) is 2.84. The zero-order valence-electron chi connectivity index (χ0n) is 9.18. The van der Waals surface area contributed by atoms with Gasteiger partial charge in [-0.3, -0.25) is 15.0 Å². The van der Waals surface area contributed by atoms with Crippen molar-refractivity contribution in [3.05, 3.63) is 29.8 Å². The summed E-state index contributed by atoms with van der Waals surface area (Å²) >= 11 is 0. The van der Waals surface area contributed by atoms with Crippen LogP contribution in [0.3, 0.4) is 0 Å². The Morgan fingerprint density at radius 1 is 1.38 bits per heavy atom. The number of hydroxylamine groups is 1. The number of carbonyl (C=O) groups is 1. The van der Waals surface area contributed by atoms with Crippen LogP contribution < -0.4 is 10.5 Å². The van der Waals surface area contributed by atoms with Crippen molar-refractivity contribution < 1.29 is 10.0 Å². The number of unbranched alkanes of at least 4 members (excludes halogenated alkanes) is 1. The van der Waals surface area contributed by atoms with E-state index < -0.39 is 5.91 Å². The van der Waals surface area contributed by atoms with Crippen LogP contribution in [-0.2, 0) is 0 Å². The quantitative estimate of drug-likeness (QED) is 0.760. The number of hydrogen-bond donors (Lipinski definition) is 2. The summed E-state index contributed by atoms with van der Waals surface area (Å²) in [5.74, 6) is -0.427. The molecule has 86 valence electrons. The molecule has 1 aliphatic rings. The van der Waals surface area contributed by atoms with Gasteiger partial charge in [-0.05, 0) is 18.6 Å². The van der Waals surface area contributed by atoms with Crippen molar-refractivity contribution in [1.82, 2.24) is 10.7 Å². The van der Waals surface area contributed by atoms with Gasteiger partial charge in [0.25, 0.3) is 5.91 Å². The number of nitrogens with one attached hydrogen (secondary N) is 1. The van der Waals surface area contributed by atoms with Crippen molar-refractivity contribution in [3.8, 4) is 0 Å². The van der Waals surface area contributed by atoms with E-state index in [0.717, 1.165) is 25.1 Å². The van der Waals surface area contributed by atoms with Gasteiger partial charge in [-0.1, -0.05) is 25.5 Å². The molecular weight excluding hydrogens is 206 g/mol. The number of anilines is 1. The molecule has 0 spiro atoms. The lowest BCUT2D eigenvalue weighted by Gasteiger charge is -2.34. The van der Waals surface area contributed by atoms with Gasteiger partial charge in [-0.15, -0.1) is 10.7 Å². The van der Waals surface area contributed by atoms with Gasteiger partial charge >= 0.3 is 0 Å². The van der Waals surface area contributed by atoms with Crippen molar-refractivity contribution in [2.75, 3.05) is 11.6 Å². The number of hydrazine groups is 2. The van der Waals surface area contributed by atoms with Crippen LogP contribution in [0.5, 0.6) is 0 Å². The predicted octanol–water partition coefficient (Wildman–Crippen LogP) is 1.56. The zero-order valence-corrected chi connectivity index (χ0v) is 9.18. The lowest BCUT2D eigenvalue weighted by atomic mass is 10.1. The first kappa shape index (κ1) is 10.9. The number of rotatable bonds is 3. The molecule has 0 saturated carbocycles. The third-order valence-corrected chi connectivity index (χ3v) is 2.57. The first-order valence-corrected chi connectivity index (χ1v) is 5.40. The molecule has 0 fully saturated rings. The van der Waals surface area contributed by atoms with E-state index >= 15 is 0 Å². The van der Waals surface area contributed by atoms with E-state index in [1.165, 1.54) is 0 Å². The van der Waals surface area contributed by atoms with E-state index in [-0.39, 0.29) is 0 Å². The minimum absolute atomic E-state index is 0.427. The Labute approximate surface area is 94.2 Å². The molecule has 0 aromatic heterocycles. The molecule has 1 aromatic rings. The molecule has 5 nitrogen and oxygen atoms in total. The van der Waals surface area contributed by atoms with E-state index in [9.17, 15) is 10.0 Å². The number of fused-ring (bicyclic) bond motifs is 1. The normalized spacial score (nSPS) is 15.2. The van der Waals surface area contributed by atoms with Crippen LogP contribution in [0.25, 0.3) is 0 Å². The summed E-state index contributed by atoms with van der Waals surface area (Å²) < 4.78 is 0. The summed E-state index contributed by atoms with van der Waals surface area (Å²) in [5, 5.41) is 11.7. The summed E-state index contributed by atoms with van der Waals surface area (Å²) in [7, 11) is 0. The summed E-state index contributed by atoms with van der Waals surface area (Å²) in [5.41, 5.74) is 3.95. The molecular formula is C11H15N3O2. The Morgan fingerprint density at radius 2 is 2.12 bits per heavy atom. The van der Waals surface area contributed by atoms with Crippen LogP contribution in [-0.4, -0.2) is 22.8 Å². The van der Waals surface area contributed by atoms with Crippen molar-refractivity contribution in [2.24, 2.45) is 0 Å². The number of nitrogens with zero attached hydrogens (tertiary/aromatic N) is 2. The Bertz CT molecular complexity index is 395. The lowest BCUT2D eigenvalue weighted by Crippen LogP contribution is -2.55. The number of hydrogen-bond acceptors (Lipinski definition) is 4. The fourth-order valence-electron chi connectivity index (χ4n) is 1.70. The van der Waals surface area contributed by atoms with Crippen molar-refractivity contribution >= 4 is 11.6 Å². The molecule has 0 radical (unpaired) electrons. The average Bonchev–Trinajstić information content (AvgIpc) is 2.32. The maximum atomic E-state index is 11.6. The minimum atomic E-state index is -0.427. The molecule has 0 atom stereocenters. The fourth-order valence-corrected chi connectivity index (χ4v) is 1.70. The fraction of sp³-hybridized carbons (Fsp3) is 0.364. The molecule has 0 saturated heterocycles. The first-order chi connectivity index (χ1) is 7.74. The van der Waals surface area contributed by atoms with Crippen molar-refractivity contribution in [3.63, 3.8) is 0 Å². The van der Waals surface area contributed by atoms with Gasteiger partial charge in [0, 0.05) is 6.54 Å². The van der Waals surface area contributed by atoms with Gasteiger partial charge in [-0.25, -0.2) is 0 Å². The van der Waals surface area contributed by atoms with E-state index in [1.807, 2.05) is 12.1 Å². The van der Waals surface area contributed by atoms with Gasteiger partial charge < -0.3 is 0 Å². The topological polar surface area (TPSA) is 55.8 Å². The third-order valence-electron chi connectivity index (χ3n) is 2.57. The minimum Gasteiger partial charge on any atom is -0.288 e. The van der Waals surface area contributed by atoms with Crippen LogP contribution in [0, 0.1) is 0 Å². The Kier molecular flexibility index (Phi) is 3.07. The second-order valence-electron chi connectivity index (χ2n) is 3.74. The van der Waals surface area contributed by atoms with Crippen molar-refractivity contribution in [2.45, 2.75) is 19.8 Å². The summed E-state index contributed by atoms with van der Waals surface area (Å²) in [4.78, 5) is 11.6. The second kappa shape index (κ2) is 4.51. The number of para-hydroxylation sites is 1. The molecule has 16 heavy (non-hydrogen) atoms. The van der Waals surface area contributed by atoms with Gasteiger partial charge in [0.2, 0.25) is 0 Å². The zero-order chi connectivity index (χ0) is 11.5. The highest BCUT2D eigenvalue weighted by molar-refractivity contribution is 6.00. The molecule has 1 amide bonds. The van der Waals surface area contributed by atoms with E-state index in [4.69, 9.17) is 0 Å². The molecule has 5 heteroatoms. The number of carbonyl (C=O) groups excluding carboxylic acids is 1. The monoisotopic (exact) mass is 221 g/mol. The molecule has 0 aliphatic carbocycles. The largest absolute Gasteiger partial charge is 0.296 e. The SMILES string of the molecule is CCCCN1NN(O)C(=O)c2ccccc21. The Balaban J connectivity index is 2.29. The lowest BCUT2D eigenvalue weighted by molar-refractivity contribution is -0.103. The predicted molar refractivity (Wildman–Crippen MR) is 59.8 cm³/mol. The van der Waals surface area contributed by atoms with E-state index in [1.54, 1.807) is 17.1 Å². The third kappa shape index (κ3) is 1.87. The highest BCUT2D eigenvalue weighted by Gasteiger charge is 2.27. The highest BCUT2D eigenvalue weighted by Crippen LogP contribution is 2.23. The van der Waals surface area contributed by atoms with Crippen LogP contribution in [0.2, 0.25) is 0 Å². The number of amides is 1. The molecule has 1 aromatic carbocycles. The van der Waals surface area contributed by atoms with Gasteiger partial charge in [-0.2, -0.15) is 0 Å². The molecule has 2 rings (SSSR count). The summed E-state index contributed by atoms with van der Waals surface area (Å²) in [6, 6.07) is 7.23. The average molecular weight is 221 g/mol. The van der Waals surface area contributed by atoms with Crippen molar-refractivity contribution in [1.29, 1.82) is 0 Å². The smallest absolute Gasteiger partial charge is 0.288 e. The molecule has 2 N–H and O–H groups in total. The maximum Gasteiger partial charge on any atom is 0.296 e.